The molecule has 1 atom stereocenters. The molecule has 0 amide bonds. The molecular weight excluding hydrogens is 175 g/mol. The van der Waals surface area contributed by atoms with E-state index in [1.54, 1.807) is 11.1 Å². The summed E-state index contributed by atoms with van der Waals surface area (Å²) in [4.78, 5) is 0. The van der Waals surface area contributed by atoms with Crippen LogP contribution in [-0.4, -0.2) is 6.16 Å². The maximum absolute atomic E-state index is 4.00. The first kappa shape index (κ1) is 10.7. The monoisotopic (exact) mass is 194 g/mol. The van der Waals surface area contributed by atoms with Crippen molar-refractivity contribution in [2.24, 2.45) is 0 Å². The Labute approximate surface area is 84.0 Å². The minimum absolute atomic E-state index is 1.11. The van der Waals surface area contributed by atoms with Crippen molar-refractivity contribution in [2.75, 3.05) is 6.16 Å². The normalized spacial score (nSPS) is 17.8. The molecule has 0 aliphatic heterocycles. The van der Waals surface area contributed by atoms with Crippen LogP contribution in [0.2, 0.25) is 0 Å². The Morgan fingerprint density at radius 3 is 2.92 bits per heavy atom. The van der Waals surface area contributed by atoms with Crippen molar-refractivity contribution >= 4 is 9.24 Å². The summed E-state index contributed by atoms with van der Waals surface area (Å²) in [7, 11) is 2.79. The van der Waals surface area contributed by atoms with Crippen molar-refractivity contribution < 1.29 is 0 Å². The average molecular weight is 194 g/mol. The highest BCUT2D eigenvalue weighted by atomic mass is 31.0. The average Bonchev–Trinajstić information content (AvgIpc) is 2.53. The molecule has 0 aromatic carbocycles. The van der Waals surface area contributed by atoms with E-state index in [1.165, 1.54) is 18.4 Å². The summed E-state index contributed by atoms with van der Waals surface area (Å²) in [5.41, 5.74) is 4.51. The Morgan fingerprint density at radius 2 is 2.46 bits per heavy atom. The van der Waals surface area contributed by atoms with Gasteiger partial charge in [0.25, 0.3) is 0 Å². The quantitative estimate of drug-likeness (QED) is 0.471. The van der Waals surface area contributed by atoms with Crippen molar-refractivity contribution in [1.29, 1.82) is 0 Å². The van der Waals surface area contributed by atoms with Gasteiger partial charge in [-0.25, -0.2) is 0 Å². The Hall–Kier alpha value is -0.350. The van der Waals surface area contributed by atoms with Crippen LogP contribution in [0.3, 0.4) is 0 Å². The molecule has 1 aliphatic carbocycles. The predicted octanol–water partition coefficient (Wildman–Crippen LogP) is 3.86. The van der Waals surface area contributed by atoms with Gasteiger partial charge < -0.3 is 0 Å². The second kappa shape index (κ2) is 5.40. The van der Waals surface area contributed by atoms with Gasteiger partial charge >= 0.3 is 0 Å². The van der Waals surface area contributed by atoms with Gasteiger partial charge in [-0.05, 0) is 38.8 Å². The first-order valence-corrected chi connectivity index (χ1v) is 5.76. The summed E-state index contributed by atoms with van der Waals surface area (Å²) in [5.74, 6) is 0. The summed E-state index contributed by atoms with van der Waals surface area (Å²) >= 11 is 0. The zero-order valence-electron chi connectivity index (χ0n) is 8.47. The van der Waals surface area contributed by atoms with Crippen LogP contribution < -0.4 is 0 Å². The van der Waals surface area contributed by atoms with Crippen LogP contribution in [-0.2, 0) is 0 Å². The van der Waals surface area contributed by atoms with Gasteiger partial charge in [0, 0.05) is 0 Å². The second-order valence-electron chi connectivity index (χ2n) is 3.64. The third-order valence-electron chi connectivity index (χ3n) is 2.59. The van der Waals surface area contributed by atoms with Crippen molar-refractivity contribution in [2.45, 2.75) is 32.6 Å². The molecule has 0 heterocycles. The highest BCUT2D eigenvalue weighted by Gasteiger charge is 2.07. The number of hydrogen-bond acceptors (Lipinski definition) is 0. The van der Waals surface area contributed by atoms with Crippen LogP contribution in [0.4, 0.5) is 0 Å². The molecule has 0 spiro atoms. The molecule has 0 nitrogen and oxygen atoms in total. The highest BCUT2D eigenvalue weighted by molar-refractivity contribution is 7.16. The molecule has 0 aromatic rings. The van der Waals surface area contributed by atoms with Gasteiger partial charge in [0.2, 0.25) is 0 Å². The summed E-state index contributed by atoms with van der Waals surface area (Å²) in [5, 5.41) is 0. The molecule has 1 heteroatoms. The lowest BCUT2D eigenvalue weighted by atomic mass is 10.0. The summed E-state index contributed by atoms with van der Waals surface area (Å²) < 4.78 is 0. The van der Waals surface area contributed by atoms with E-state index in [0.717, 1.165) is 19.0 Å². The third kappa shape index (κ3) is 3.48. The molecule has 1 rings (SSSR count). The second-order valence-corrected chi connectivity index (χ2v) is 4.05. The smallest absolute Gasteiger partial charge is 0.0108 e. The standard InChI is InChI=1S/C12H19P/c1-3-11(9-13)6-7-12-5-4-10(2)8-12/h3,5H,2,4,6-9,13H2,1H3/b11-3-. The fourth-order valence-electron chi connectivity index (χ4n) is 1.63. The lowest BCUT2D eigenvalue weighted by Crippen LogP contribution is -1.86. The van der Waals surface area contributed by atoms with Crippen LogP contribution >= 0.6 is 9.24 Å². The van der Waals surface area contributed by atoms with E-state index in [1.807, 2.05) is 0 Å². The molecule has 1 aliphatic rings. The Balaban J connectivity index is 2.31. The van der Waals surface area contributed by atoms with Crippen LogP contribution in [0.15, 0.2) is 35.5 Å². The number of hydrogen-bond donors (Lipinski definition) is 0. The maximum Gasteiger partial charge on any atom is -0.0108 e. The molecular formula is C12H19P. The molecule has 0 saturated heterocycles. The van der Waals surface area contributed by atoms with Gasteiger partial charge in [-0.3, -0.25) is 0 Å². The largest absolute Gasteiger partial charge is 0.133 e. The van der Waals surface area contributed by atoms with E-state index in [4.69, 9.17) is 0 Å². The Bertz CT molecular complexity index is 246. The molecule has 0 bridgehead atoms. The summed E-state index contributed by atoms with van der Waals surface area (Å²) in [6, 6.07) is 0. The fourth-order valence-corrected chi connectivity index (χ4v) is 2.07. The molecule has 0 N–H and O–H groups in total. The van der Waals surface area contributed by atoms with E-state index >= 15 is 0 Å². The molecule has 0 aromatic heterocycles. The van der Waals surface area contributed by atoms with E-state index in [9.17, 15) is 0 Å². The zero-order chi connectivity index (χ0) is 9.68. The zero-order valence-corrected chi connectivity index (χ0v) is 9.63. The maximum atomic E-state index is 4.00. The van der Waals surface area contributed by atoms with Crippen molar-refractivity contribution in [1.82, 2.24) is 0 Å². The van der Waals surface area contributed by atoms with Crippen LogP contribution in [0.25, 0.3) is 0 Å². The summed E-state index contributed by atoms with van der Waals surface area (Å²) in [6.07, 6.45) is 10.4. The van der Waals surface area contributed by atoms with E-state index in [-0.39, 0.29) is 0 Å². The number of rotatable bonds is 4. The first-order valence-electron chi connectivity index (χ1n) is 4.95. The Kier molecular flexibility index (Phi) is 4.45. The lowest BCUT2D eigenvalue weighted by Gasteiger charge is -2.04. The van der Waals surface area contributed by atoms with Crippen molar-refractivity contribution in [3.8, 4) is 0 Å². The first-order chi connectivity index (χ1) is 6.26. The van der Waals surface area contributed by atoms with Crippen LogP contribution in [0.1, 0.15) is 32.6 Å². The minimum atomic E-state index is 1.11. The molecule has 0 fully saturated rings. The molecule has 0 saturated carbocycles. The van der Waals surface area contributed by atoms with Gasteiger partial charge in [0.05, 0.1) is 0 Å². The minimum Gasteiger partial charge on any atom is -0.133 e. The van der Waals surface area contributed by atoms with Gasteiger partial charge in [0.15, 0.2) is 0 Å². The lowest BCUT2D eigenvalue weighted by molar-refractivity contribution is 0.902. The third-order valence-corrected chi connectivity index (χ3v) is 3.12. The summed E-state index contributed by atoms with van der Waals surface area (Å²) in [6.45, 7) is 6.13. The SMILES string of the molecule is C=C1CC=C(CC/C(=C/C)CP)C1. The number of allylic oxidation sites excluding steroid dienone is 5. The van der Waals surface area contributed by atoms with Crippen molar-refractivity contribution in [3.05, 3.63) is 35.5 Å². The van der Waals surface area contributed by atoms with E-state index in [0.29, 0.717) is 0 Å². The Morgan fingerprint density at radius 1 is 1.69 bits per heavy atom. The van der Waals surface area contributed by atoms with Gasteiger partial charge in [-0.15, -0.1) is 9.24 Å². The van der Waals surface area contributed by atoms with Crippen molar-refractivity contribution in [3.63, 3.8) is 0 Å². The highest BCUT2D eigenvalue weighted by Crippen LogP contribution is 2.27. The molecule has 13 heavy (non-hydrogen) atoms. The van der Waals surface area contributed by atoms with Gasteiger partial charge in [-0.1, -0.05) is 35.5 Å². The van der Waals surface area contributed by atoms with Gasteiger partial charge in [0.1, 0.15) is 0 Å². The topological polar surface area (TPSA) is 0 Å². The van der Waals surface area contributed by atoms with Crippen LogP contribution in [0.5, 0.6) is 0 Å². The fraction of sp³-hybridized carbons (Fsp3) is 0.500. The predicted molar refractivity (Wildman–Crippen MR) is 64.0 cm³/mol. The molecule has 1 unspecified atom stereocenters. The van der Waals surface area contributed by atoms with E-state index in [2.05, 4.69) is 34.9 Å². The van der Waals surface area contributed by atoms with E-state index < -0.39 is 0 Å². The van der Waals surface area contributed by atoms with Crippen LogP contribution in [0, 0.1) is 0 Å². The molecule has 0 radical (unpaired) electrons. The van der Waals surface area contributed by atoms with Gasteiger partial charge in [-0.2, -0.15) is 0 Å². The molecule has 72 valence electrons.